The molecule has 1 saturated heterocycles. The van der Waals surface area contributed by atoms with Gasteiger partial charge < -0.3 is 14.1 Å². The highest BCUT2D eigenvalue weighted by Crippen LogP contribution is 2.36. The van der Waals surface area contributed by atoms with E-state index in [1.165, 1.54) is 0 Å². The average molecular weight is 514 g/mol. The minimum atomic E-state index is -0.142. The molecule has 0 unspecified atom stereocenters. The molecule has 5 nitrogen and oxygen atoms in total. The number of amides is 1. The van der Waals surface area contributed by atoms with Crippen molar-refractivity contribution in [2.75, 3.05) is 26.2 Å². The first-order valence-corrected chi connectivity index (χ1v) is 11.5. The van der Waals surface area contributed by atoms with Crippen LogP contribution in [0.15, 0.2) is 52.9 Å². The molecule has 0 bridgehead atoms. The summed E-state index contributed by atoms with van der Waals surface area (Å²) in [7, 11) is 0. The molecular formula is C23H20Cl4N2O3. The van der Waals surface area contributed by atoms with E-state index < -0.39 is 0 Å². The smallest absolute Gasteiger partial charge is 0.289 e. The third kappa shape index (κ3) is 5.53. The van der Waals surface area contributed by atoms with E-state index in [-0.39, 0.29) is 18.3 Å². The Kier molecular flexibility index (Phi) is 7.54. The van der Waals surface area contributed by atoms with Crippen LogP contribution in [-0.4, -0.2) is 41.9 Å². The number of hydrogen-bond acceptors (Lipinski definition) is 4. The van der Waals surface area contributed by atoms with Gasteiger partial charge in [0.2, 0.25) is 0 Å². The van der Waals surface area contributed by atoms with Crippen LogP contribution in [0.2, 0.25) is 20.1 Å². The number of carbonyl (C=O) groups is 1. The minimum Gasteiger partial charge on any atom is -0.483 e. The number of halogens is 4. The number of piperazine rings is 1. The minimum absolute atomic E-state index is 0.0833. The number of hydrogen-bond donors (Lipinski definition) is 0. The van der Waals surface area contributed by atoms with Gasteiger partial charge in [0.15, 0.2) is 11.5 Å². The van der Waals surface area contributed by atoms with Crippen LogP contribution in [0.25, 0.3) is 0 Å². The summed E-state index contributed by atoms with van der Waals surface area (Å²) in [5.74, 6) is 0.942. The topological polar surface area (TPSA) is 45.9 Å². The van der Waals surface area contributed by atoms with Crippen LogP contribution in [0.5, 0.6) is 5.75 Å². The van der Waals surface area contributed by atoms with Crippen LogP contribution in [0.4, 0.5) is 0 Å². The van der Waals surface area contributed by atoms with Crippen molar-refractivity contribution in [2.45, 2.75) is 13.2 Å². The summed E-state index contributed by atoms with van der Waals surface area (Å²) in [5.41, 5.74) is 1.09. The van der Waals surface area contributed by atoms with Gasteiger partial charge in [-0.25, -0.2) is 0 Å². The van der Waals surface area contributed by atoms with E-state index in [1.54, 1.807) is 29.2 Å². The Morgan fingerprint density at radius 1 is 0.906 bits per heavy atom. The summed E-state index contributed by atoms with van der Waals surface area (Å²) in [4.78, 5) is 16.9. The first kappa shape index (κ1) is 23.3. The number of furan rings is 1. The fraction of sp³-hybridized carbons (Fsp3) is 0.261. The molecule has 0 saturated carbocycles. The lowest BCUT2D eigenvalue weighted by atomic mass is 10.2. The third-order valence-electron chi connectivity index (χ3n) is 5.21. The molecule has 1 fully saturated rings. The molecular weight excluding hydrogens is 494 g/mol. The lowest BCUT2D eigenvalue weighted by molar-refractivity contribution is 0.0594. The zero-order valence-corrected chi connectivity index (χ0v) is 20.0. The lowest BCUT2D eigenvalue weighted by Crippen LogP contribution is -2.48. The second kappa shape index (κ2) is 10.4. The zero-order chi connectivity index (χ0) is 22.7. The molecule has 168 valence electrons. The average Bonchev–Trinajstić information content (AvgIpc) is 3.24. The summed E-state index contributed by atoms with van der Waals surface area (Å²) < 4.78 is 11.4. The fourth-order valence-electron chi connectivity index (χ4n) is 3.51. The Morgan fingerprint density at radius 2 is 1.59 bits per heavy atom. The summed E-state index contributed by atoms with van der Waals surface area (Å²) >= 11 is 24.4. The van der Waals surface area contributed by atoms with Gasteiger partial charge in [-0.2, -0.15) is 0 Å². The van der Waals surface area contributed by atoms with Gasteiger partial charge in [-0.3, -0.25) is 9.69 Å². The molecule has 1 aliphatic rings. The summed E-state index contributed by atoms with van der Waals surface area (Å²) in [5, 5.41) is 1.79. The Labute approximate surface area is 206 Å². The summed E-state index contributed by atoms with van der Waals surface area (Å²) in [6.45, 7) is 3.61. The maximum absolute atomic E-state index is 12.8. The van der Waals surface area contributed by atoms with Crippen molar-refractivity contribution >= 4 is 52.3 Å². The van der Waals surface area contributed by atoms with Gasteiger partial charge in [0, 0.05) is 42.8 Å². The maximum atomic E-state index is 12.8. The van der Waals surface area contributed by atoms with Gasteiger partial charge in [0.05, 0.1) is 10.0 Å². The van der Waals surface area contributed by atoms with E-state index in [0.717, 1.165) is 30.2 Å². The molecule has 9 heteroatoms. The van der Waals surface area contributed by atoms with Crippen molar-refractivity contribution in [2.24, 2.45) is 0 Å². The Bertz CT molecular complexity index is 1090. The molecule has 0 N–H and O–H groups in total. The van der Waals surface area contributed by atoms with Crippen molar-refractivity contribution in [3.8, 4) is 5.75 Å². The van der Waals surface area contributed by atoms with E-state index in [2.05, 4.69) is 4.90 Å². The highest BCUT2D eigenvalue weighted by molar-refractivity contribution is 6.40. The van der Waals surface area contributed by atoms with E-state index in [1.807, 2.05) is 24.3 Å². The van der Waals surface area contributed by atoms with E-state index >= 15 is 0 Å². The maximum Gasteiger partial charge on any atom is 0.289 e. The van der Waals surface area contributed by atoms with Crippen LogP contribution < -0.4 is 4.74 Å². The number of rotatable bonds is 6. The predicted octanol–water partition coefficient (Wildman–Crippen LogP) is 6.43. The molecule has 0 spiro atoms. The number of ether oxygens (including phenoxy) is 1. The largest absolute Gasteiger partial charge is 0.483 e. The van der Waals surface area contributed by atoms with Crippen LogP contribution >= 0.6 is 46.4 Å². The molecule has 2 aromatic carbocycles. The first-order chi connectivity index (χ1) is 15.4. The quantitative estimate of drug-likeness (QED) is 0.381. The number of carbonyl (C=O) groups excluding carboxylic acids is 1. The molecule has 1 amide bonds. The Balaban J connectivity index is 1.31. The molecule has 0 atom stereocenters. The van der Waals surface area contributed by atoms with Crippen molar-refractivity contribution < 1.29 is 13.9 Å². The van der Waals surface area contributed by atoms with Crippen LogP contribution in [0, 0.1) is 0 Å². The zero-order valence-electron chi connectivity index (χ0n) is 17.0. The SMILES string of the molecule is O=C(c1ccc(COc2c(Cl)cc(Cl)cc2Cl)o1)N1CCN(Cc2ccccc2Cl)CC1. The van der Waals surface area contributed by atoms with Gasteiger partial charge in [-0.05, 0) is 35.9 Å². The molecule has 4 rings (SSSR count). The van der Waals surface area contributed by atoms with E-state index in [4.69, 9.17) is 55.6 Å². The Hall–Kier alpha value is -1.89. The first-order valence-electron chi connectivity index (χ1n) is 10.0. The molecule has 0 radical (unpaired) electrons. The molecule has 2 heterocycles. The van der Waals surface area contributed by atoms with Crippen LogP contribution in [0.1, 0.15) is 21.9 Å². The van der Waals surface area contributed by atoms with Crippen LogP contribution in [0.3, 0.4) is 0 Å². The molecule has 1 aliphatic heterocycles. The van der Waals surface area contributed by atoms with Crippen LogP contribution in [-0.2, 0) is 13.2 Å². The summed E-state index contributed by atoms with van der Waals surface area (Å²) in [6.07, 6.45) is 0. The van der Waals surface area contributed by atoms with Crippen molar-refractivity contribution in [3.05, 3.63) is 85.7 Å². The van der Waals surface area contributed by atoms with E-state index in [0.29, 0.717) is 39.7 Å². The lowest BCUT2D eigenvalue weighted by Gasteiger charge is -2.34. The molecule has 3 aromatic rings. The van der Waals surface area contributed by atoms with Gasteiger partial charge >= 0.3 is 0 Å². The van der Waals surface area contributed by atoms with Gasteiger partial charge in [-0.1, -0.05) is 64.6 Å². The fourth-order valence-corrected chi connectivity index (χ4v) is 4.63. The Morgan fingerprint density at radius 3 is 2.28 bits per heavy atom. The van der Waals surface area contributed by atoms with Crippen molar-refractivity contribution in [1.82, 2.24) is 9.80 Å². The monoisotopic (exact) mass is 512 g/mol. The number of benzene rings is 2. The van der Waals surface area contributed by atoms with Gasteiger partial charge in [0.1, 0.15) is 12.4 Å². The highest BCUT2D eigenvalue weighted by Gasteiger charge is 2.24. The third-order valence-corrected chi connectivity index (χ3v) is 6.35. The van der Waals surface area contributed by atoms with E-state index in [9.17, 15) is 4.79 Å². The second-order valence-electron chi connectivity index (χ2n) is 7.41. The predicted molar refractivity (Wildman–Crippen MR) is 127 cm³/mol. The van der Waals surface area contributed by atoms with Crippen molar-refractivity contribution in [1.29, 1.82) is 0 Å². The highest BCUT2D eigenvalue weighted by atomic mass is 35.5. The molecule has 1 aromatic heterocycles. The summed E-state index contributed by atoms with van der Waals surface area (Å²) in [6, 6.07) is 14.3. The van der Waals surface area contributed by atoms with Gasteiger partial charge in [0.25, 0.3) is 5.91 Å². The molecule has 32 heavy (non-hydrogen) atoms. The second-order valence-corrected chi connectivity index (χ2v) is 9.07. The molecule has 0 aliphatic carbocycles. The van der Waals surface area contributed by atoms with Crippen molar-refractivity contribution in [3.63, 3.8) is 0 Å². The number of nitrogens with zero attached hydrogens (tertiary/aromatic N) is 2. The van der Waals surface area contributed by atoms with Gasteiger partial charge in [-0.15, -0.1) is 0 Å². The standard InChI is InChI=1S/C23H20Cl4N2O3/c24-16-11-19(26)22(20(27)12-16)31-14-17-5-6-21(32-17)23(30)29-9-7-28(8-10-29)13-15-3-1-2-4-18(15)25/h1-6,11-12H,7-10,13-14H2. The normalized spacial score (nSPS) is 14.6.